The van der Waals surface area contributed by atoms with Gasteiger partial charge in [-0.15, -0.1) is 0 Å². The van der Waals surface area contributed by atoms with Crippen LogP contribution >= 0.6 is 0 Å². The summed E-state index contributed by atoms with van der Waals surface area (Å²) >= 11 is 0. The summed E-state index contributed by atoms with van der Waals surface area (Å²) in [6.45, 7) is 8.79. The molecule has 0 spiro atoms. The van der Waals surface area contributed by atoms with E-state index in [4.69, 9.17) is 0 Å². The van der Waals surface area contributed by atoms with E-state index in [1.54, 1.807) is 5.57 Å². The van der Waals surface area contributed by atoms with Crippen LogP contribution in [0.1, 0.15) is 40.5 Å². The van der Waals surface area contributed by atoms with Crippen molar-refractivity contribution in [3.63, 3.8) is 0 Å². The minimum absolute atomic E-state index is 0.145. The molecule has 0 amide bonds. The Morgan fingerprint density at radius 2 is 2.33 bits per heavy atom. The molecule has 0 saturated heterocycles. The summed E-state index contributed by atoms with van der Waals surface area (Å²) in [7, 11) is 0.955. The van der Waals surface area contributed by atoms with Gasteiger partial charge in [-0.3, -0.25) is 0 Å². The van der Waals surface area contributed by atoms with E-state index >= 15 is 0 Å². The van der Waals surface area contributed by atoms with Crippen molar-refractivity contribution in [1.29, 1.82) is 0 Å². The van der Waals surface area contributed by atoms with Crippen molar-refractivity contribution in [2.75, 3.05) is 0 Å². The van der Waals surface area contributed by atoms with Gasteiger partial charge in [-0.05, 0) is 30.6 Å². The van der Waals surface area contributed by atoms with Gasteiger partial charge in [0.2, 0.25) is 0 Å². The number of rotatable bonds is 4. The van der Waals surface area contributed by atoms with E-state index in [0.717, 1.165) is 20.0 Å². The summed E-state index contributed by atoms with van der Waals surface area (Å²) in [4.78, 5) is 0. The molecule has 2 rings (SSSR count). The van der Waals surface area contributed by atoms with Crippen LogP contribution in [0.25, 0.3) is 0 Å². The van der Waals surface area contributed by atoms with Crippen LogP contribution in [0.4, 0.5) is 0 Å². The smallest absolute Gasteiger partial charge is 0.161 e. The van der Waals surface area contributed by atoms with Crippen LogP contribution in [0.5, 0.6) is 0 Å². The molecule has 1 fully saturated rings. The topological polar surface area (TPSA) is 20.2 Å². The van der Waals surface area contributed by atoms with Gasteiger partial charge >= 0.3 is 0 Å². The van der Waals surface area contributed by atoms with E-state index < -0.39 is 5.50 Å². The first-order valence-electron chi connectivity index (χ1n) is 6.35. The Labute approximate surface area is 94.2 Å². The third-order valence-corrected chi connectivity index (χ3v) is 4.91. The van der Waals surface area contributed by atoms with E-state index in [0.29, 0.717) is 11.8 Å². The summed E-state index contributed by atoms with van der Waals surface area (Å²) in [5, 5.41) is 10.6. The number of allylic oxidation sites excluding steroid dienone is 2. The highest BCUT2D eigenvalue weighted by Crippen LogP contribution is 2.64. The van der Waals surface area contributed by atoms with Crippen molar-refractivity contribution in [3.05, 3.63) is 11.6 Å². The quantitative estimate of drug-likeness (QED) is 0.553. The Hall–Kier alpha value is -0.235. The van der Waals surface area contributed by atoms with Crippen LogP contribution < -0.4 is 0 Å². The fraction of sp³-hybridized carbons (Fsp3) is 0.846. The highest BCUT2D eigenvalue weighted by Gasteiger charge is 2.60. The minimum Gasteiger partial charge on any atom is -0.398 e. The molecular formula is C13H23BO. The van der Waals surface area contributed by atoms with Gasteiger partial charge < -0.3 is 5.11 Å². The molecule has 84 valence electrons. The molecule has 0 aromatic carbocycles. The van der Waals surface area contributed by atoms with E-state index in [1.165, 1.54) is 6.42 Å². The highest BCUT2D eigenvalue weighted by atomic mass is 16.3. The van der Waals surface area contributed by atoms with Gasteiger partial charge in [-0.1, -0.05) is 45.2 Å². The predicted octanol–water partition coefficient (Wildman–Crippen LogP) is 2.56. The second-order valence-electron chi connectivity index (χ2n) is 6.05. The Kier molecular flexibility index (Phi) is 2.54. The lowest BCUT2D eigenvalue weighted by Crippen LogP contribution is -2.62. The van der Waals surface area contributed by atoms with Crippen molar-refractivity contribution in [3.8, 4) is 0 Å². The second-order valence-corrected chi connectivity index (χ2v) is 6.05. The van der Waals surface area contributed by atoms with Crippen LogP contribution in [0.15, 0.2) is 11.6 Å². The summed E-state index contributed by atoms with van der Waals surface area (Å²) in [6, 6.07) is 0. The Bertz CT molecular complexity index is 295. The van der Waals surface area contributed by atoms with Gasteiger partial charge in [-0.2, -0.15) is 0 Å². The lowest BCUT2D eigenvalue weighted by atomic mass is 9.35. The maximum Gasteiger partial charge on any atom is 0.161 e. The van der Waals surface area contributed by atoms with Crippen molar-refractivity contribution in [2.45, 2.75) is 52.4 Å². The van der Waals surface area contributed by atoms with Crippen molar-refractivity contribution in [1.82, 2.24) is 0 Å². The maximum absolute atomic E-state index is 10.6. The van der Waals surface area contributed by atoms with Gasteiger partial charge in [0.1, 0.15) is 0 Å². The fourth-order valence-electron chi connectivity index (χ4n) is 3.65. The van der Waals surface area contributed by atoms with Crippen LogP contribution in [-0.2, 0) is 0 Å². The third-order valence-electron chi connectivity index (χ3n) is 4.91. The Morgan fingerprint density at radius 1 is 1.67 bits per heavy atom. The predicted molar refractivity (Wildman–Crippen MR) is 66.3 cm³/mol. The Morgan fingerprint density at radius 3 is 2.80 bits per heavy atom. The fourth-order valence-corrected chi connectivity index (χ4v) is 3.65. The summed E-state index contributed by atoms with van der Waals surface area (Å²) < 4.78 is 0. The molecule has 0 radical (unpaired) electrons. The summed E-state index contributed by atoms with van der Waals surface area (Å²) in [5.41, 5.74) is 1.27. The zero-order valence-corrected chi connectivity index (χ0v) is 10.5. The van der Waals surface area contributed by atoms with Crippen LogP contribution in [0, 0.1) is 17.3 Å². The molecule has 2 heteroatoms. The van der Waals surface area contributed by atoms with Gasteiger partial charge in [0.05, 0.1) is 0 Å². The molecule has 0 bridgehead atoms. The zero-order valence-electron chi connectivity index (χ0n) is 10.5. The zero-order chi connectivity index (χ0) is 11.3. The molecule has 0 aromatic heterocycles. The molecule has 1 saturated carbocycles. The molecule has 2 aliphatic carbocycles. The third kappa shape index (κ3) is 1.41. The molecule has 1 nitrogen and oxygen atoms in total. The largest absolute Gasteiger partial charge is 0.398 e. The number of aliphatic hydroxyl groups is 1. The number of hydrogen-bond acceptors (Lipinski definition) is 1. The molecule has 1 N–H and O–H groups in total. The molecular weight excluding hydrogens is 183 g/mol. The van der Waals surface area contributed by atoms with E-state index in [1.807, 2.05) is 6.92 Å². The number of hydrogen-bond donors (Lipinski definition) is 1. The molecule has 4 unspecified atom stereocenters. The van der Waals surface area contributed by atoms with E-state index in [-0.39, 0.29) is 5.41 Å². The monoisotopic (exact) mass is 206 g/mol. The van der Waals surface area contributed by atoms with Crippen LogP contribution in [0.2, 0.25) is 6.32 Å². The van der Waals surface area contributed by atoms with Gasteiger partial charge in [-0.25, -0.2) is 0 Å². The van der Waals surface area contributed by atoms with Crippen molar-refractivity contribution in [2.24, 2.45) is 17.3 Å². The average Bonchev–Trinajstić information content (AvgIpc) is 2.12. The minimum atomic E-state index is -0.473. The molecule has 0 aromatic rings. The van der Waals surface area contributed by atoms with Crippen LogP contribution in [0.3, 0.4) is 0 Å². The molecule has 0 aliphatic heterocycles. The SMILES string of the molecule is CCCBC(C)(O)C1(C)CC2=CC(C)C21. The van der Waals surface area contributed by atoms with Crippen LogP contribution in [-0.4, -0.2) is 17.9 Å². The van der Waals surface area contributed by atoms with Gasteiger partial charge in [0, 0.05) is 5.50 Å². The first-order valence-corrected chi connectivity index (χ1v) is 6.35. The first kappa shape index (κ1) is 11.3. The number of fused-ring (bicyclic) bond motifs is 1. The summed E-state index contributed by atoms with van der Waals surface area (Å²) in [5.74, 6) is 1.36. The lowest BCUT2D eigenvalue weighted by Gasteiger charge is -2.63. The Balaban J connectivity index is 2.07. The van der Waals surface area contributed by atoms with Crippen molar-refractivity contribution >= 4 is 7.28 Å². The highest BCUT2D eigenvalue weighted by molar-refractivity contribution is 6.39. The normalized spacial score (nSPS) is 41.8. The standard InChI is InChI=1S/C13H23BO/c1-5-6-14-13(4,15)12(3)8-10-7-9(2)11(10)12/h7,9,11,14-15H,5-6,8H2,1-4H3. The lowest BCUT2D eigenvalue weighted by molar-refractivity contribution is -0.0840. The molecule has 0 heterocycles. The maximum atomic E-state index is 10.6. The van der Waals surface area contributed by atoms with E-state index in [2.05, 4.69) is 26.8 Å². The van der Waals surface area contributed by atoms with E-state index in [9.17, 15) is 5.11 Å². The molecule has 2 aliphatic rings. The van der Waals surface area contributed by atoms with Gasteiger partial charge in [0.15, 0.2) is 7.28 Å². The molecule has 4 atom stereocenters. The average molecular weight is 206 g/mol. The molecule has 15 heavy (non-hydrogen) atoms. The second kappa shape index (κ2) is 3.38. The van der Waals surface area contributed by atoms with Gasteiger partial charge in [0.25, 0.3) is 0 Å². The first-order chi connectivity index (χ1) is 6.92. The summed E-state index contributed by atoms with van der Waals surface area (Å²) in [6.07, 6.45) is 5.82. The van der Waals surface area contributed by atoms with Crippen molar-refractivity contribution < 1.29 is 5.11 Å².